The van der Waals surface area contributed by atoms with Crippen molar-refractivity contribution in [3.8, 4) is 0 Å². The highest BCUT2D eigenvalue weighted by atomic mass is 16.6. The van der Waals surface area contributed by atoms with E-state index in [1.807, 2.05) is 0 Å². The van der Waals surface area contributed by atoms with Crippen molar-refractivity contribution in [3.63, 3.8) is 0 Å². The van der Waals surface area contributed by atoms with E-state index in [1.54, 1.807) is 0 Å². The molecule has 0 aliphatic carbocycles. The Morgan fingerprint density at radius 2 is 1.89 bits per heavy atom. The van der Waals surface area contributed by atoms with Gasteiger partial charge in [0.1, 0.15) is 0 Å². The summed E-state index contributed by atoms with van der Waals surface area (Å²) in [5.41, 5.74) is 0.211. The first-order chi connectivity index (χ1) is 9.00. The van der Waals surface area contributed by atoms with Gasteiger partial charge in [-0.25, -0.2) is 0 Å². The standard InChI is InChI=1S/C15H29NO3/c1-5-16-9-14(15(2,3)4)19-10-12(16)8-13-11-17-6-7-18-13/h12-14H,5-11H2,1-4H3/t12?,13-,14?/m0/s1. The lowest BCUT2D eigenvalue weighted by atomic mass is 9.87. The van der Waals surface area contributed by atoms with Crippen molar-refractivity contribution in [1.29, 1.82) is 0 Å². The van der Waals surface area contributed by atoms with Gasteiger partial charge in [-0.05, 0) is 18.4 Å². The number of ether oxygens (including phenoxy) is 3. The third-order valence-corrected chi connectivity index (χ3v) is 4.20. The Kier molecular flexibility index (Phi) is 5.23. The van der Waals surface area contributed by atoms with Crippen LogP contribution >= 0.6 is 0 Å². The highest BCUT2D eigenvalue weighted by Crippen LogP contribution is 2.28. The molecular weight excluding hydrogens is 242 g/mol. The number of rotatable bonds is 3. The highest BCUT2D eigenvalue weighted by molar-refractivity contribution is 4.87. The molecule has 3 atom stereocenters. The van der Waals surface area contributed by atoms with Gasteiger partial charge < -0.3 is 14.2 Å². The van der Waals surface area contributed by atoms with Gasteiger partial charge >= 0.3 is 0 Å². The van der Waals surface area contributed by atoms with E-state index < -0.39 is 0 Å². The largest absolute Gasteiger partial charge is 0.376 e. The van der Waals surface area contributed by atoms with Crippen LogP contribution in [-0.2, 0) is 14.2 Å². The fraction of sp³-hybridized carbons (Fsp3) is 1.00. The number of hydrogen-bond donors (Lipinski definition) is 0. The van der Waals surface area contributed by atoms with Crippen LogP contribution in [0.1, 0.15) is 34.1 Å². The third-order valence-electron chi connectivity index (χ3n) is 4.20. The summed E-state index contributed by atoms with van der Waals surface area (Å²) < 4.78 is 17.3. The predicted octanol–water partition coefficient (Wildman–Crippen LogP) is 1.93. The average molecular weight is 271 g/mol. The van der Waals surface area contributed by atoms with Crippen molar-refractivity contribution in [2.45, 2.75) is 52.4 Å². The lowest BCUT2D eigenvalue weighted by molar-refractivity contribution is -0.134. The lowest BCUT2D eigenvalue weighted by Crippen LogP contribution is -2.54. The minimum Gasteiger partial charge on any atom is -0.376 e. The molecule has 2 aliphatic rings. The quantitative estimate of drug-likeness (QED) is 0.785. The average Bonchev–Trinajstić information content (AvgIpc) is 2.39. The molecule has 2 fully saturated rings. The van der Waals surface area contributed by atoms with Crippen LogP contribution < -0.4 is 0 Å². The zero-order valence-electron chi connectivity index (χ0n) is 12.9. The van der Waals surface area contributed by atoms with Crippen LogP contribution in [0.25, 0.3) is 0 Å². The molecule has 0 aromatic rings. The normalized spacial score (nSPS) is 34.4. The van der Waals surface area contributed by atoms with Crippen LogP contribution in [0.5, 0.6) is 0 Å². The smallest absolute Gasteiger partial charge is 0.0825 e. The summed E-state index contributed by atoms with van der Waals surface area (Å²) in [7, 11) is 0. The van der Waals surface area contributed by atoms with Gasteiger partial charge in [-0.3, -0.25) is 4.90 Å². The summed E-state index contributed by atoms with van der Waals surface area (Å²) in [5, 5.41) is 0. The fourth-order valence-electron chi connectivity index (χ4n) is 2.85. The Morgan fingerprint density at radius 1 is 1.11 bits per heavy atom. The Hall–Kier alpha value is -0.160. The Bertz CT molecular complexity index is 271. The van der Waals surface area contributed by atoms with Gasteiger partial charge in [0.15, 0.2) is 0 Å². The van der Waals surface area contributed by atoms with E-state index in [4.69, 9.17) is 14.2 Å². The summed E-state index contributed by atoms with van der Waals surface area (Å²) in [6, 6.07) is 0.468. The first-order valence-corrected chi connectivity index (χ1v) is 7.55. The van der Waals surface area contributed by atoms with E-state index in [-0.39, 0.29) is 11.5 Å². The van der Waals surface area contributed by atoms with Gasteiger partial charge in [-0.2, -0.15) is 0 Å². The van der Waals surface area contributed by atoms with E-state index in [0.29, 0.717) is 12.1 Å². The van der Waals surface area contributed by atoms with E-state index >= 15 is 0 Å². The second-order valence-electron chi connectivity index (χ2n) is 6.73. The van der Waals surface area contributed by atoms with E-state index in [2.05, 4.69) is 32.6 Å². The Balaban J connectivity index is 1.87. The molecule has 0 amide bonds. The van der Waals surface area contributed by atoms with Crippen molar-refractivity contribution >= 4 is 0 Å². The Labute approximate surface area is 117 Å². The van der Waals surface area contributed by atoms with Crippen LogP contribution in [0, 0.1) is 5.41 Å². The molecule has 0 aromatic carbocycles. The zero-order valence-corrected chi connectivity index (χ0v) is 12.9. The van der Waals surface area contributed by atoms with Gasteiger partial charge in [0.25, 0.3) is 0 Å². The fourth-order valence-corrected chi connectivity index (χ4v) is 2.85. The van der Waals surface area contributed by atoms with Gasteiger partial charge in [0.2, 0.25) is 0 Å². The molecule has 19 heavy (non-hydrogen) atoms. The monoisotopic (exact) mass is 271 g/mol. The van der Waals surface area contributed by atoms with Crippen molar-refractivity contribution in [2.75, 3.05) is 39.5 Å². The van der Waals surface area contributed by atoms with Crippen LogP contribution in [0.4, 0.5) is 0 Å². The third kappa shape index (κ3) is 4.15. The summed E-state index contributed by atoms with van der Waals surface area (Å²) in [5.74, 6) is 0. The van der Waals surface area contributed by atoms with E-state index in [9.17, 15) is 0 Å². The maximum atomic E-state index is 6.09. The molecule has 2 saturated heterocycles. The number of likely N-dealkylation sites (N-methyl/N-ethyl adjacent to an activating group) is 1. The zero-order chi connectivity index (χ0) is 13.9. The van der Waals surface area contributed by atoms with Crippen molar-refractivity contribution in [2.24, 2.45) is 5.41 Å². The lowest BCUT2D eigenvalue weighted by Gasteiger charge is -2.44. The molecule has 0 N–H and O–H groups in total. The molecule has 2 unspecified atom stereocenters. The number of morpholine rings is 1. The molecular formula is C15H29NO3. The molecule has 0 bridgehead atoms. The van der Waals surface area contributed by atoms with Gasteiger partial charge in [-0.15, -0.1) is 0 Å². The number of hydrogen-bond acceptors (Lipinski definition) is 4. The maximum Gasteiger partial charge on any atom is 0.0825 e. The minimum absolute atomic E-state index is 0.211. The maximum absolute atomic E-state index is 6.09. The SMILES string of the molecule is CCN1CC(C(C)(C)C)OCC1C[C@H]1COCCO1. The summed E-state index contributed by atoms with van der Waals surface area (Å²) in [4.78, 5) is 2.54. The second-order valence-corrected chi connectivity index (χ2v) is 6.73. The molecule has 0 radical (unpaired) electrons. The molecule has 4 nitrogen and oxygen atoms in total. The first-order valence-electron chi connectivity index (χ1n) is 7.55. The minimum atomic E-state index is 0.211. The molecule has 2 heterocycles. The van der Waals surface area contributed by atoms with Crippen molar-refractivity contribution in [3.05, 3.63) is 0 Å². The molecule has 2 aliphatic heterocycles. The molecule has 4 heteroatoms. The summed E-state index contributed by atoms with van der Waals surface area (Å²) in [6.45, 7) is 14.1. The molecule has 2 rings (SSSR count). The summed E-state index contributed by atoms with van der Waals surface area (Å²) >= 11 is 0. The van der Waals surface area contributed by atoms with Gasteiger partial charge in [-0.1, -0.05) is 27.7 Å². The molecule has 0 spiro atoms. The number of nitrogens with zero attached hydrogens (tertiary/aromatic N) is 1. The molecule has 112 valence electrons. The van der Waals surface area contributed by atoms with Crippen molar-refractivity contribution in [1.82, 2.24) is 4.90 Å². The second kappa shape index (κ2) is 6.53. The van der Waals surface area contributed by atoms with Crippen LogP contribution in [-0.4, -0.2) is 62.7 Å². The first kappa shape index (κ1) is 15.2. The molecule has 0 saturated carbocycles. The molecule has 0 aromatic heterocycles. The predicted molar refractivity (Wildman–Crippen MR) is 75.4 cm³/mol. The van der Waals surface area contributed by atoms with E-state index in [0.717, 1.165) is 45.9 Å². The van der Waals surface area contributed by atoms with Crippen molar-refractivity contribution < 1.29 is 14.2 Å². The van der Waals surface area contributed by atoms with Crippen LogP contribution in [0.15, 0.2) is 0 Å². The van der Waals surface area contributed by atoms with Crippen LogP contribution in [0.3, 0.4) is 0 Å². The van der Waals surface area contributed by atoms with Gasteiger partial charge in [0.05, 0.1) is 38.6 Å². The van der Waals surface area contributed by atoms with Gasteiger partial charge in [0, 0.05) is 12.6 Å². The highest BCUT2D eigenvalue weighted by Gasteiger charge is 2.35. The Morgan fingerprint density at radius 3 is 2.47 bits per heavy atom. The topological polar surface area (TPSA) is 30.9 Å². The summed E-state index contributed by atoms with van der Waals surface area (Å²) in [6.07, 6.45) is 1.58. The van der Waals surface area contributed by atoms with E-state index in [1.165, 1.54) is 0 Å². The van der Waals surface area contributed by atoms with Crippen LogP contribution in [0.2, 0.25) is 0 Å².